The standard InChI is InChI=1S/C24H30N2O2.ClH/c1-20-23(27)26(18-22-10-6-3-7-11-22)19-24(28-20)13-16-25(17-14-24)15-12-21-8-4-2-5-9-21;/h2-11,20H,12-19H2,1H3;1H. The van der Waals surface area contributed by atoms with E-state index in [1.807, 2.05) is 30.0 Å². The number of amides is 1. The number of piperidine rings is 1. The van der Waals surface area contributed by atoms with E-state index in [0.29, 0.717) is 13.1 Å². The molecule has 4 nitrogen and oxygen atoms in total. The van der Waals surface area contributed by atoms with Crippen molar-refractivity contribution < 1.29 is 9.53 Å². The van der Waals surface area contributed by atoms with Crippen LogP contribution in [0, 0.1) is 0 Å². The van der Waals surface area contributed by atoms with Gasteiger partial charge < -0.3 is 14.5 Å². The molecule has 29 heavy (non-hydrogen) atoms. The van der Waals surface area contributed by atoms with Gasteiger partial charge in [0, 0.05) is 26.2 Å². The van der Waals surface area contributed by atoms with Crippen LogP contribution in [0.4, 0.5) is 0 Å². The number of carbonyl (C=O) groups is 1. The van der Waals surface area contributed by atoms with E-state index < -0.39 is 0 Å². The summed E-state index contributed by atoms with van der Waals surface area (Å²) >= 11 is 0. The molecule has 1 spiro atoms. The Morgan fingerprint density at radius 1 is 0.966 bits per heavy atom. The van der Waals surface area contributed by atoms with Gasteiger partial charge in [0.2, 0.25) is 0 Å². The van der Waals surface area contributed by atoms with Gasteiger partial charge in [-0.3, -0.25) is 4.79 Å². The van der Waals surface area contributed by atoms with Crippen LogP contribution in [0.5, 0.6) is 0 Å². The predicted octanol–water partition coefficient (Wildman–Crippen LogP) is 3.93. The van der Waals surface area contributed by atoms with E-state index in [0.717, 1.165) is 38.9 Å². The molecule has 2 aliphatic heterocycles. The number of nitrogens with zero attached hydrogens (tertiary/aromatic N) is 2. The van der Waals surface area contributed by atoms with Crippen LogP contribution in [0.1, 0.15) is 30.9 Å². The van der Waals surface area contributed by atoms with Gasteiger partial charge in [-0.15, -0.1) is 12.4 Å². The fraction of sp³-hybridized carbons (Fsp3) is 0.458. The van der Waals surface area contributed by atoms with Crippen LogP contribution in [0.2, 0.25) is 0 Å². The molecule has 0 bridgehead atoms. The normalized spacial score (nSPS) is 21.8. The largest absolute Gasteiger partial charge is 0.360 e. The molecule has 0 saturated carbocycles. The van der Waals surface area contributed by atoms with E-state index in [4.69, 9.17) is 4.74 Å². The van der Waals surface area contributed by atoms with E-state index in [9.17, 15) is 4.79 Å². The monoisotopic (exact) mass is 414 g/mol. The maximum atomic E-state index is 12.7. The summed E-state index contributed by atoms with van der Waals surface area (Å²) in [7, 11) is 0. The van der Waals surface area contributed by atoms with Crippen LogP contribution in [0.15, 0.2) is 60.7 Å². The summed E-state index contributed by atoms with van der Waals surface area (Å²) < 4.78 is 6.29. The van der Waals surface area contributed by atoms with Crippen molar-refractivity contribution in [1.82, 2.24) is 9.80 Å². The summed E-state index contributed by atoms with van der Waals surface area (Å²) in [6.45, 7) is 6.44. The van der Waals surface area contributed by atoms with E-state index >= 15 is 0 Å². The van der Waals surface area contributed by atoms with E-state index in [2.05, 4.69) is 47.4 Å². The highest BCUT2D eigenvalue weighted by Gasteiger charge is 2.45. The summed E-state index contributed by atoms with van der Waals surface area (Å²) in [6, 6.07) is 20.9. The highest BCUT2D eigenvalue weighted by Crippen LogP contribution is 2.33. The molecule has 0 aliphatic carbocycles. The predicted molar refractivity (Wildman–Crippen MR) is 118 cm³/mol. The molecule has 0 radical (unpaired) electrons. The molecule has 2 aliphatic rings. The third kappa shape index (κ3) is 5.39. The minimum Gasteiger partial charge on any atom is -0.360 e. The second-order valence-electron chi connectivity index (χ2n) is 8.20. The summed E-state index contributed by atoms with van der Waals surface area (Å²) in [4.78, 5) is 17.2. The molecule has 0 aromatic heterocycles. The number of rotatable bonds is 5. The Morgan fingerprint density at radius 3 is 2.17 bits per heavy atom. The number of hydrogen-bond acceptors (Lipinski definition) is 3. The van der Waals surface area contributed by atoms with Crippen LogP contribution in [-0.4, -0.2) is 53.6 Å². The average Bonchev–Trinajstić information content (AvgIpc) is 2.73. The second-order valence-corrected chi connectivity index (χ2v) is 8.20. The number of likely N-dealkylation sites (tertiary alicyclic amines) is 1. The molecular formula is C24H31ClN2O2. The zero-order valence-corrected chi connectivity index (χ0v) is 17.9. The zero-order valence-electron chi connectivity index (χ0n) is 17.1. The molecule has 4 rings (SSSR count). The second kappa shape index (κ2) is 9.75. The van der Waals surface area contributed by atoms with Crippen LogP contribution < -0.4 is 0 Å². The van der Waals surface area contributed by atoms with Crippen molar-refractivity contribution in [3.05, 3.63) is 71.8 Å². The Bertz CT molecular complexity index is 776. The van der Waals surface area contributed by atoms with Gasteiger partial charge in [0.05, 0.1) is 12.1 Å². The molecule has 0 N–H and O–H groups in total. The number of carbonyl (C=O) groups excluding carboxylic acids is 1. The Balaban J connectivity index is 0.00000240. The van der Waals surface area contributed by atoms with Crippen LogP contribution in [-0.2, 0) is 22.5 Å². The topological polar surface area (TPSA) is 32.8 Å². The third-order valence-electron chi connectivity index (χ3n) is 6.11. The van der Waals surface area contributed by atoms with Crippen molar-refractivity contribution >= 4 is 18.3 Å². The molecule has 156 valence electrons. The van der Waals surface area contributed by atoms with Crippen molar-refractivity contribution in [3.8, 4) is 0 Å². The molecule has 2 saturated heterocycles. The molecule has 1 atom stereocenters. The van der Waals surface area contributed by atoms with Crippen molar-refractivity contribution in [2.75, 3.05) is 26.2 Å². The lowest BCUT2D eigenvalue weighted by atomic mass is 9.88. The molecule has 1 amide bonds. The smallest absolute Gasteiger partial charge is 0.251 e. The maximum absolute atomic E-state index is 12.7. The Hall–Kier alpha value is -1.88. The molecule has 5 heteroatoms. The summed E-state index contributed by atoms with van der Waals surface area (Å²) in [6.07, 6.45) is 2.72. The third-order valence-corrected chi connectivity index (χ3v) is 6.11. The lowest BCUT2D eigenvalue weighted by molar-refractivity contribution is -0.190. The fourth-order valence-corrected chi connectivity index (χ4v) is 4.48. The Labute approximate surface area is 180 Å². The first kappa shape index (κ1) is 21.8. The van der Waals surface area contributed by atoms with Gasteiger partial charge >= 0.3 is 0 Å². The fourth-order valence-electron chi connectivity index (χ4n) is 4.48. The van der Waals surface area contributed by atoms with E-state index in [1.54, 1.807) is 0 Å². The summed E-state index contributed by atoms with van der Waals surface area (Å²) in [5, 5.41) is 0. The van der Waals surface area contributed by atoms with Gasteiger partial charge in [0.1, 0.15) is 6.10 Å². The quantitative estimate of drug-likeness (QED) is 0.743. The van der Waals surface area contributed by atoms with Crippen molar-refractivity contribution in [2.45, 2.75) is 44.4 Å². The van der Waals surface area contributed by atoms with Gasteiger partial charge in [-0.05, 0) is 37.3 Å². The number of morpholine rings is 1. The lowest BCUT2D eigenvalue weighted by Crippen LogP contribution is -2.61. The first-order chi connectivity index (χ1) is 13.6. The molecule has 1 unspecified atom stereocenters. The minimum absolute atomic E-state index is 0. The van der Waals surface area contributed by atoms with Crippen molar-refractivity contribution in [1.29, 1.82) is 0 Å². The van der Waals surface area contributed by atoms with Gasteiger partial charge in [-0.25, -0.2) is 0 Å². The van der Waals surface area contributed by atoms with Crippen molar-refractivity contribution in [3.63, 3.8) is 0 Å². The lowest BCUT2D eigenvalue weighted by Gasteiger charge is -2.49. The van der Waals surface area contributed by atoms with Gasteiger partial charge in [-0.1, -0.05) is 60.7 Å². The van der Waals surface area contributed by atoms with E-state index in [1.165, 1.54) is 11.1 Å². The molecule has 2 heterocycles. The first-order valence-electron chi connectivity index (χ1n) is 10.4. The Morgan fingerprint density at radius 2 is 1.55 bits per heavy atom. The van der Waals surface area contributed by atoms with Gasteiger partial charge in [0.25, 0.3) is 5.91 Å². The highest BCUT2D eigenvalue weighted by molar-refractivity contribution is 5.85. The number of hydrogen-bond donors (Lipinski definition) is 0. The molecular weight excluding hydrogens is 384 g/mol. The zero-order chi connectivity index (χ0) is 19.4. The number of ether oxygens (including phenoxy) is 1. The van der Waals surface area contributed by atoms with E-state index in [-0.39, 0.29) is 30.0 Å². The Kier molecular flexibility index (Phi) is 7.33. The maximum Gasteiger partial charge on any atom is 0.251 e. The molecule has 2 fully saturated rings. The SMILES string of the molecule is CC1OC2(CCN(CCc3ccccc3)CC2)CN(Cc2ccccc2)C1=O.Cl. The first-order valence-corrected chi connectivity index (χ1v) is 10.4. The number of halogens is 1. The van der Waals surface area contributed by atoms with Crippen LogP contribution in [0.3, 0.4) is 0 Å². The summed E-state index contributed by atoms with van der Waals surface area (Å²) in [5.74, 6) is 0.112. The summed E-state index contributed by atoms with van der Waals surface area (Å²) in [5.41, 5.74) is 2.39. The number of benzene rings is 2. The highest BCUT2D eigenvalue weighted by atomic mass is 35.5. The van der Waals surface area contributed by atoms with Crippen LogP contribution >= 0.6 is 12.4 Å². The minimum atomic E-state index is -0.353. The molecule has 2 aromatic rings. The average molecular weight is 415 g/mol. The molecule has 2 aromatic carbocycles. The van der Waals surface area contributed by atoms with Crippen molar-refractivity contribution in [2.24, 2.45) is 0 Å². The van der Waals surface area contributed by atoms with Gasteiger partial charge in [0.15, 0.2) is 0 Å². The van der Waals surface area contributed by atoms with Crippen LogP contribution in [0.25, 0.3) is 0 Å². The van der Waals surface area contributed by atoms with Gasteiger partial charge in [-0.2, -0.15) is 0 Å².